The van der Waals surface area contributed by atoms with E-state index in [4.69, 9.17) is 16.0 Å². The summed E-state index contributed by atoms with van der Waals surface area (Å²) in [5.74, 6) is 1.57. The molecule has 2 aliphatic rings. The molecule has 0 radical (unpaired) electrons. The highest BCUT2D eigenvalue weighted by molar-refractivity contribution is 6.33. The predicted molar refractivity (Wildman–Crippen MR) is 99.8 cm³/mol. The highest BCUT2D eigenvalue weighted by atomic mass is 35.5. The summed E-state index contributed by atoms with van der Waals surface area (Å²) < 4.78 is 44.3. The van der Waals surface area contributed by atoms with Gasteiger partial charge in [0, 0.05) is 11.8 Å². The maximum atomic E-state index is 12.9. The molecular weight excluding hydrogens is 409 g/mol. The largest absolute Gasteiger partial charge is 0.425 e. The summed E-state index contributed by atoms with van der Waals surface area (Å²) in [5, 5.41) is 10.8. The van der Waals surface area contributed by atoms with E-state index in [0.717, 1.165) is 49.8 Å². The quantitative estimate of drug-likeness (QED) is 0.762. The van der Waals surface area contributed by atoms with Crippen molar-refractivity contribution in [3.8, 4) is 0 Å². The lowest BCUT2D eigenvalue weighted by Crippen LogP contribution is -2.38. The van der Waals surface area contributed by atoms with E-state index in [1.165, 1.54) is 0 Å². The van der Waals surface area contributed by atoms with Gasteiger partial charge in [-0.25, -0.2) is 0 Å². The molecule has 0 spiro atoms. The molecule has 0 bridgehead atoms. The minimum atomic E-state index is -4.50. The van der Waals surface area contributed by atoms with Gasteiger partial charge in [0.25, 0.3) is 0 Å². The number of likely N-dealkylation sites (tertiary alicyclic amines) is 1. The average molecular weight is 429 g/mol. The summed E-state index contributed by atoms with van der Waals surface area (Å²) >= 11 is 5.93. The molecular formula is C19H20ClF3N4O2. The van der Waals surface area contributed by atoms with Crippen molar-refractivity contribution in [2.24, 2.45) is 0 Å². The molecule has 1 aromatic carbocycles. The molecule has 29 heavy (non-hydrogen) atoms. The molecule has 0 atom stereocenters. The van der Waals surface area contributed by atoms with Crippen LogP contribution in [0.15, 0.2) is 22.6 Å². The van der Waals surface area contributed by atoms with Crippen LogP contribution in [0.1, 0.15) is 54.9 Å². The molecule has 1 aliphatic heterocycles. The van der Waals surface area contributed by atoms with Crippen molar-refractivity contribution in [1.82, 2.24) is 15.1 Å². The molecule has 1 N–H and O–H groups in total. The zero-order valence-electron chi connectivity index (χ0n) is 15.5. The summed E-state index contributed by atoms with van der Waals surface area (Å²) in [5.41, 5.74) is -0.900. The Labute approximate surface area is 170 Å². The molecule has 156 valence electrons. The fourth-order valence-corrected chi connectivity index (χ4v) is 3.60. The minimum Gasteiger partial charge on any atom is -0.425 e. The number of nitrogens with one attached hydrogen (secondary N) is 1. The van der Waals surface area contributed by atoms with Crippen molar-refractivity contribution >= 4 is 23.2 Å². The van der Waals surface area contributed by atoms with E-state index in [0.29, 0.717) is 24.9 Å². The topological polar surface area (TPSA) is 71.3 Å². The molecule has 2 heterocycles. The molecule has 2 fully saturated rings. The number of carbonyl (C=O) groups is 1. The fourth-order valence-electron chi connectivity index (χ4n) is 3.44. The Morgan fingerprint density at radius 2 is 1.76 bits per heavy atom. The molecule has 1 saturated heterocycles. The molecule has 1 aromatic heterocycles. The lowest BCUT2D eigenvalue weighted by molar-refractivity contribution is -0.137. The minimum absolute atomic E-state index is 0.0418. The van der Waals surface area contributed by atoms with Crippen molar-refractivity contribution in [3.63, 3.8) is 0 Å². The Hall–Kier alpha value is -2.13. The molecule has 4 rings (SSSR count). The van der Waals surface area contributed by atoms with Crippen LogP contribution in [0.4, 0.5) is 18.9 Å². The van der Waals surface area contributed by atoms with Crippen LogP contribution in [0.25, 0.3) is 0 Å². The van der Waals surface area contributed by atoms with Gasteiger partial charge in [0.2, 0.25) is 17.7 Å². The summed E-state index contributed by atoms with van der Waals surface area (Å²) in [7, 11) is 0. The monoisotopic (exact) mass is 428 g/mol. The summed E-state index contributed by atoms with van der Waals surface area (Å²) in [6, 6.07) is 2.86. The third-order valence-corrected chi connectivity index (χ3v) is 5.58. The molecule has 2 aromatic rings. The van der Waals surface area contributed by atoms with Crippen molar-refractivity contribution < 1.29 is 22.4 Å². The maximum Gasteiger partial charge on any atom is 0.416 e. The number of halogens is 4. The molecule has 0 unspecified atom stereocenters. The highest BCUT2D eigenvalue weighted by Crippen LogP contribution is 2.40. The first-order valence-corrected chi connectivity index (χ1v) is 9.89. The molecule has 1 saturated carbocycles. The second kappa shape index (κ2) is 7.95. The van der Waals surface area contributed by atoms with E-state index >= 15 is 0 Å². The average Bonchev–Trinajstić information content (AvgIpc) is 3.40. The van der Waals surface area contributed by atoms with Gasteiger partial charge < -0.3 is 9.73 Å². The number of nitrogens with zero attached hydrogens (tertiary/aromatic N) is 3. The Kier molecular flexibility index (Phi) is 5.52. The zero-order valence-corrected chi connectivity index (χ0v) is 16.3. The third-order valence-electron chi connectivity index (χ3n) is 5.25. The van der Waals surface area contributed by atoms with Crippen LogP contribution in [-0.4, -0.2) is 40.6 Å². The van der Waals surface area contributed by atoms with E-state index in [9.17, 15) is 18.0 Å². The number of piperidine rings is 1. The van der Waals surface area contributed by atoms with Crippen LogP contribution < -0.4 is 5.32 Å². The zero-order chi connectivity index (χ0) is 20.6. The first-order chi connectivity index (χ1) is 13.8. The SMILES string of the molecule is O=C(CN1CCC(c2nnc(C3CC3)o2)CC1)Nc1cc(C(F)(F)F)ccc1Cl. The van der Waals surface area contributed by atoms with Gasteiger partial charge in [0.1, 0.15) is 0 Å². The highest BCUT2D eigenvalue weighted by Gasteiger charge is 2.33. The van der Waals surface area contributed by atoms with E-state index < -0.39 is 17.6 Å². The number of alkyl halides is 3. The number of carbonyl (C=O) groups excluding carboxylic acids is 1. The van der Waals surface area contributed by atoms with Gasteiger partial charge in [-0.2, -0.15) is 13.2 Å². The van der Waals surface area contributed by atoms with Crippen LogP contribution in [0.2, 0.25) is 5.02 Å². The van der Waals surface area contributed by atoms with Crippen LogP contribution in [0, 0.1) is 0 Å². The number of amides is 1. The molecule has 10 heteroatoms. The second-order valence-corrected chi connectivity index (χ2v) is 7.95. The van der Waals surface area contributed by atoms with Gasteiger partial charge in [-0.15, -0.1) is 10.2 Å². The lowest BCUT2D eigenvalue weighted by atomic mass is 9.97. The Morgan fingerprint density at radius 1 is 1.14 bits per heavy atom. The van der Waals surface area contributed by atoms with Gasteiger partial charge >= 0.3 is 6.18 Å². The number of aromatic nitrogens is 2. The Bertz CT molecular complexity index is 890. The van der Waals surface area contributed by atoms with Crippen LogP contribution in [0.5, 0.6) is 0 Å². The number of hydrogen-bond donors (Lipinski definition) is 1. The Balaban J connectivity index is 1.29. The van der Waals surface area contributed by atoms with E-state index in [2.05, 4.69) is 15.5 Å². The molecule has 1 amide bonds. The van der Waals surface area contributed by atoms with E-state index in [-0.39, 0.29) is 23.2 Å². The number of benzene rings is 1. The number of anilines is 1. The third kappa shape index (κ3) is 4.90. The van der Waals surface area contributed by atoms with Gasteiger partial charge in [0.05, 0.1) is 22.8 Å². The first kappa shape index (κ1) is 20.2. The first-order valence-electron chi connectivity index (χ1n) is 9.52. The van der Waals surface area contributed by atoms with E-state index in [1.54, 1.807) is 0 Å². The van der Waals surface area contributed by atoms with Gasteiger partial charge in [0.15, 0.2) is 0 Å². The predicted octanol–water partition coefficient (Wildman–Crippen LogP) is 4.44. The maximum absolute atomic E-state index is 12.9. The smallest absolute Gasteiger partial charge is 0.416 e. The van der Waals surface area contributed by atoms with E-state index in [1.807, 2.05) is 4.90 Å². The fraction of sp³-hybridized carbons (Fsp3) is 0.526. The van der Waals surface area contributed by atoms with Crippen molar-refractivity contribution in [3.05, 3.63) is 40.6 Å². The molecule has 1 aliphatic carbocycles. The van der Waals surface area contributed by atoms with Gasteiger partial charge in [-0.05, 0) is 57.0 Å². The summed E-state index contributed by atoms with van der Waals surface area (Å²) in [6.07, 6.45) is -0.732. The van der Waals surface area contributed by atoms with Crippen molar-refractivity contribution in [2.45, 2.75) is 43.7 Å². The number of rotatable bonds is 5. The molecule has 6 nitrogen and oxygen atoms in total. The van der Waals surface area contributed by atoms with Gasteiger partial charge in [-0.3, -0.25) is 9.69 Å². The lowest BCUT2D eigenvalue weighted by Gasteiger charge is -2.29. The van der Waals surface area contributed by atoms with Crippen molar-refractivity contribution in [1.29, 1.82) is 0 Å². The van der Waals surface area contributed by atoms with Crippen LogP contribution >= 0.6 is 11.6 Å². The second-order valence-electron chi connectivity index (χ2n) is 7.54. The van der Waals surface area contributed by atoms with Crippen molar-refractivity contribution in [2.75, 3.05) is 25.0 Å². The van der Waals surface area contributed by atoms with Gasteiger partial charge in [-0.1, -0.05) is 11.6 Å². The van der Waals surface area contributed by atoms with Crippen LogP contribution in [0.3, 0.4) is 0 Å². The summed E-state index contributed by atoms with van der Waals surface area (Å²) in [6.45, 7) is 1.40. The Morgan fingerprint density at radius 3 is 2.34 bits per heavy atom. The number of hydrogen-bond acceptors (Lipinski definition) is 5. The van der Waals surface area contributed by atoms with Crippen LogP contribution in [-0.2, 0) is 11.0 Å². The summed E-state index contributed by atoms with van der Waals surface area (Å²) in [4.78, 5) is 14.2. The normalized spacial score (nSPS) is 18.8. The standard InChI is InChI=1S/C19H20ClF3N4O2/c20-14-4-3-13(19(21,22)23)9-15(14)24-16(28)10-27-7-5-12(6-8-27)18-26-25-17(29-18)11-1-2-11/h3-4,9,11-12H,1-2,5-8,10H2,(H,24,28).